The number of thiophene rings is 1. The van der Waals surface area contributed by atoms with Crippen LogP contribution in [0.25, 0.3) is 15.9 Å². The Labute approximate surface area is 165 Å². The predicted molar refractivity (Wildman–Crippen MR) is 106 cm³/mol. The molecule has 1 N–H and O–H groups in total. The average molecular weight is 448 g/mol. The van der Waals surface area contributed by atoms with Crippen LogP contribution in [-0.4, -0.2) is 15.7 Å². The largest absolute Gasteiger partial charge is 0.318 e. The molecule has 0 spiro atoms. The molecular formula is C19H12BrF2N3OS. The maximum Gasteiger partial charge on any atom is 0.265 e. The Kier molecular flexibility index (Phi) is 4.53. The summed E-state index contributed by atoms with van der Waals surface area (Å²) in [5.74, 6) is -2.04. The van der Waals surface area contributed by atoms with Crippen molar-refractivity contribution < 1.29 is 13.6 Å². The quantitative estimate of drug-likeness (QED) is 0.438. The van der Waals surface area contributed by atoms with Gasteiger partial charge in [-0.2, -0.15) is 5.10 Å². The second-order valence-electron chi connectivity index (χ2n) is 5.86. The minimum atomic E-state index is -0.844. The van der Waals surface area contributed by atoms with E-state index in [-0.39, 0.29) is 10.2 Å². The highest BCUT2D eigenvalue weighted by Gasteiger charge is 2.19. The molecule has 0 saturated heterocycles. The van der Waals surface area contributed by atoms with Gasteiger partial charge in [0, 0.05) is 15.9 Å². The fourth-order valence-corrected chi connectivity index (χ4v) is 4.33. The van der Waals surface area contributed by atoms with Gasteiger partial charge in [-0.15, -0.1) is 11.3 Å². The number of hydrogen-bond donors (Lipinski definition) is 1. The summed E-state index contributed by atoms with van der Waals surface area (Å²) < 4.78 is 29.1. The number of fused-ring (bicyclic) bond motifs is 1. The number of para-hydroxylation sites is 1. The number of carbonyl (C=O) groups excluding carboxylic acids is 1. The van der Waals surface area contributed by atoms with Crippen molar-refractivity contribution in [2.75, 3.05) is 5.32 Å². The van der Waals surface area contributed by atoms with E-state index in [2.05, 4.69) is 26.3 Å². The highest BCUT2D eigenvalue weighted by Crippen LogP contribution is 2.32. The van der Waals surface area contributed by atoms with Gasteiger partial charge in [0.1, 0.15) is 10.6 Å². The van der Waals surface area contributed by atoms with E-state index in [0.29, 0.717) is 4.88 Å². The third-order valence-electron chi connectivity index (χ3n) is 4.01. The summed E-state index contributed by atoms with van der Waals surface area (Å²) in [5, 5.41) is 7.89. The van der Waals surface area contributed by atoms with Crippen molar-refractivity contribution >= 4 is 49.1 Å². The van der Waals surface area contributed by atoms with Gasteiger partial charge in [0.15, 0.2) is 5.82 Å². The van der Waals surface area contributed by atoms with Crippen LogP contribution in [0.15, 0.2) is 53.0 Å². The van der Waals surface area contributed by atoms with Crippen molar-refractivity contribution in [3.8, 4) is 5.69 Å². The van der Waals surface area contributed by atoms with Gasteiger partial charge in [0.2, 0.25) is 0 Å². The molecule has 0 fully saturated rings. The zero-order valence-corrected chi connectivity index (χ0v) is 16.4. The maximum absolute atomic E-state index is 14.0. The van der Waals surface area contributed by atoms with E-state index in [4.69, 9.17) is 0 Å². The van der Waals surface area contributed by atoms with E-state index in [0.717, 1.165) is 33.7 Å². The number of aryl methyl sites for hydroxylation is 1. The number of hydrogen-bond acceptors (Lipinski definition) is 3. The normalized spacial score (nSPS) is 11.1. The Bertz CT molecular complexity index is 1150. The van der Waals surface area contributed by atoms with Crippen LogP contribution >= 0.6 is 27.3 Å². The van der Waals surface area contributed by atoms with Gasteiger partial charge in [-0.3, -0.25) is 4.79 Å². The van der Waals surface area contributed by atoms with Crippen LogP contribution in [0.1, 0.15) is 15.4 Å². The molecule has 0 unspecified atom stereocenters. The first-order valence-electron chi connectivity index (χ1n) is 7.94. The highest BCUT2D eigenvalue weighted by atomic mass is 79.9. The van der Waals surface area contributed by atoms with Gasteiger partial charge in [-0.1, -0.05) is 18.2 Å². The number of halogens is 3. The maximum atomic E-state index is 14.0. The fraction of sp³-hybridized carbons (Fsp3) is 0.0526. The van der Waals surface area contributed by atoms with Crippen LogP contribution < -0.4 is 5.32 Å². The number of carbonyl (C=O) groups is 1. The summed E-state index contributed by atoms with van der Waals surface area (Å²) in [6.45, 7) is 1.87. The average Bonchev–Trinajstić information content (AvgIpc) is 3.19. The van der Waals surface area contributed by atoms with Crippen molar-refractivity contribution in [2.24, 2.45) is 0 Å². The molecule has 0 radical (unpaired) electrons. The molecule has 0 aliphatic rings. The molecule has 2 aromatic heterocycles. The zero-order valence-electron chi connectivity index (χ0n) is 14.0. The highest BCUT2D eigenvalue weighted by molar-refractivity contribution is 9.10. The molecule has 0 bridgehead atoms. The molecule has 0 aliphatic heterocycles. The summed E-state index contributed by atoms with van der Waals surface area (Å²) in [5.41, 5.74) is 1.58. The number of nitrogens with one attached hydrogen (secondary N) is 1. The standard InChI is InChI=1S/C19H12BrF2N3OS/c1-10-13-9-16(18(26)23-17-14(20)7-11(21)8-15(17)22)27-19(13)25(24-10)12-5-3-2-4-6-12/h2-9H,1H3,(H,23,26). The number of amides is 1. The molecule has 2 aromatic carbocycles. The van der Waals surface area contributed by atoms with Crippen LogP contribution in [0.4, 0.5) is 14.5 Å². The first-order chi connectivity index (χ1) is 12.9. The molecule has 27 heavy (non-hydrogen) atoms. The van der Waals surface area contributed by atoms with Gasteiger partial charge in [0.25, 0.3) is 5.91 Å². The monoisotopic (exact) mass is 447 g/mol. The predicted octanol–water partition coefficient (Wildman–Crippen LogP) is 5.69. The number of benzene rings is 2. The van der Waals surface area contributed by atoms with Crippen LogP contribution in [0.2, 0.25) is 0 Å². The molecule has 136 valence electrons. The van der Waals surface area contributed by atoms with Gasteiger partial charge in [-0.25, -0.2) is 13.5 Å². The molecule has 4 nitrogen and oxygen atoms in total. The Hall–Kier alpha value is -2.58. The number of rotatable bonds is 3. The topological polar surface area (TPSA) is 46.9 Å². The van der Waals surface area contributed by atoms with Crippen LogP contribution in [0.5, 0.6) is 0 Å². The van der Waals surface area contributed by atoms with Gasteiger partial charge < -0.3 is 5.32 Å². The minimum absolute atomic E-state index is 0.0970. The Balaban J connectivity index is 1.72. The van der Waals surface area contributed by atoms with Crippen LogP contribution in [0.3, 0.4) is 0 Å². The fourth-order valence-electron chi connectivity index (χ4n) is 2.74. The molecule has 0 saturated carbocycles. The Morgan fingerprint density at radius 3 is 2.63 bits per heavy atom. The van der Waals surface area contributed by atoms with Crippen LogP contribution in [0, 0.1) is 18.6 Å². The second kappa shape index (κ2) is 6.86. The lowest BCUT2D eigenvalue weighted by atomic mass is 10.2. The van der Waals surface area contributed by atoms with Gasteiger partial charge in [0.05, 0.1) is 21.9 Å². The van der Waals surface area contributed by atoms with E-state index in [1.54, 1.807) is 10.7 Å². The molecule has 8 heteroatoms. The number of nitrogens with zero attached hydrogens (tertiary/aromatic N) is 2. The van der Waals surface area contributed by atoms with Crippen molar-refractivity contribution in [1.29, 1.82) is 0 Å². The lowest BCUT2D eigenvalue weighted by Gasteiger charge is -2.07. The summed E-state index contributed by atoms with van der Waals surface area (Å²) in [4.78, 5) is 13.8. The Morgan fingerprint density at radius 1 is 1.19 bits per heavy atom. The molecule has 1 amide bonds. The minimum Gasteiger partial charge on any atom is -0.318 e. The van der Waals surface area contributed by atoms with E-state index in [1.807, 2.05) is 37.3 Å². The summed E-state index contributed by atoms with van der Waals surface area (Å²) in [6, 6.07) is 13.1. The lowest BCUT2D eigenvalue weighted by molar-refractivity contribution is 0.103. The number of aromatic nitrogens is 2. The van der Waals surface area contributed by atoms with E-state index in [1.165, 1.54) is 11.3 Å². The van der Waals surface area contributed by atoms with Crippen molar-refractivity contribution in [1.82, 2.24) is 9.78 Å². The molecule has 2 heterocycles. The molecule has 0 atom stereocenters. The van der Waals surface area contributed by atoms with Gasteiger partial charge in [-0.05, 0) is 47.1 Å². The summed E-state index contributed by atoms with van der Waals surface area (Å²) in [6.07, 6.45) is 0. The zero-order chi connectivity index (χ0) is 19.1. The third-order valence-corrected chi connectivity index (χ3v) is 5.75. The summed E-state index contributed by atoms with van der Waals surface area (Å²) >= 11 is 4.33. The Morgan fingerprint density at radius 2 is 1.93 bits per heavy atom. The van der Waals surface area contributed by atoms with E-state index < -0.39 is 17.5 Å². The molecular weight excluding hydrogens is 436 g/mol. The first kappa shape index (κ1) is 17.8. The number of anilines is 1. The van der Waals surface area contributed by atoms with Crippen molar-refractivity contribution in [2.45, 2.75) is 6.92 Å². The molecule has 4 aromatic rings. The second-order valence-corrected chi connectivity index (χ2v) is 7.75. The van der Waals surface area contributed by atoms with Crippen LogP contribution in [-0.2, 0) is 0 Å². The van der Waals surface area contributed by atoms with E-state index >= 15 is 0 Å². The van der Waals surface area contributed by atoms with E-state index in [9.17, 15) is 13.6 Å². The van der Waals surface area contributed by atoms with Gasteiger partial charge >= 0.3 is 0 Å². The lowest BCUT2D eigenvalue weighted by Crippen LogP contribution is -2.12. The first-order valence-corrected chi connectivity index (χ1v) is 9.55. The molecule has 0 aliphatic carbocycles. The van der Waals surface area contributed by atoms with Crippen molar-refractivity contribution in [3.05, 3.63) is 75.2 Å². The molecule has 4 rings (SSSR count). The summed E-state index contributed by atoms with van der Waals surface area (Å²) in [7, 11) is 0. The van der Waals surface area contributed by atoms with Crippen molar-refractivity contribution in [3.63, 3.8) is 0 Å². The smallest absolute Gasteiger partial charge is 0.265 e. The third kappa shape index (κ3) is 3.26. The SMILES string of the molecule is Cc1nn(-c2ccccc2)c2sc(C(=O)Nc3c(F)cc(F)cc3Br)cc12.